The molecule has 1 aliphatic heterocycles. The number of aromatic nitrogens is 1. The molecule has 1 N–H and O–H groups in total. The molecule has 1 saturated heterocycles. The highest BCUT2D eigenvalue weighted by Crippen LogP contribution is 2.34. The van der Waals surface area contributed by atoms with Gasteiger partial charge in [-0.15, -0.1) is 0 Å². The lowest BCUT2D eigenvalue weighted by atomic mass is 10.0. The smallest absolute Gasteiger partial charge is 0.339 e. The van der Waals surface area contributed by atoms with Crippen molar-refractivity contribution < 1.29 is 18.7 Å². The maximum Gasteiger partial charge on any atom is 0.339 e. The van der Waals surface area contributed by atoms with Crippen molar-refractivity contribution in [3.05, 3.63) is 57.9 Å². The highest BCUT2D eigenvalue weighted by molar-refractivity contribution is 8.26. The lowest BCUT2D eigenvalue weighted by Crippen LogP contribution is -2.17. The van der Waals surface area contributed by atoms with E-state index in [2.05, 4.69) is 10.3 Å². The molecular formula is C19H11ClN2O4S2. The molecule has 4 rings (SSSR count). The zero-order valence-electron chi connectivity index (χ0n) is 14.3. The van der Waals surface area contributed by atoms with Crippen molar-refractivity contribution in [1.82, 2.24) is 10.3 Å². The fourth-order valence-electron chi connectivity index (χ4n) is 2.77. The molecule has 9 heteroatoms. The lowest BCUT2D eigenvalue weighted by Gasteiger charge is -2.06. The van der Waals surface area contributed by atoms with Crippen molar-refractivity contribution in [3.8, 4) is 11.1 Å². The van der Waals surface area contributed by atoms with Crippen molar-refractivity contribution in [2.75, 3.05) is 7.11 Å². The van der Waals surface area contributed by atoms with E-state index < -0.39 is 5.97 Å². The SMILES string of the molecule is COC(=O)c1cc(-c2cncc3cc(/C=C4/SC(=S)NC4=O)oc23)ccc1Cl. The maximum absolute atomic E-state index is 11.9. The van der Waals surface area contributed by atoms with Gasteiger partial charge < -0.3 is 14.5 Å². The van der Waals surface area contributed by atoms with Gasteiger partial charge in [-0.1, -0.05) is 41.6 Å². The average molecular weight is 431 g/mol. The predicted molar refractivity (Wildman–Crippen MR) is 112 cm³/mol. The molecular weight excluding hydrogens is 420 g/mol. The highest BCUT2D eigenvalue weighted by Gasteiger charge is 2.23. The Morgan fingerprint density at radius 1 is 1.36 bits per heavy atom. The molecule has 0 saturated carbocycles. The predicted octanol–water partition coefficient (Wildman–Crippen LogP) is 4.42. The van der Waals surface area contributed by atoms with E-state index in [1.54, 1.807) is 42.7 Å². The van der Waals surface area contributed by atoms with E-state index in [4.69, 9.17) is 33.0 Å². The van der Waals surface area contributed by atoms with E-state index in [1.165, 1.54) is 18.9 Å². The molecule has 3 aromatic rings. The quantitative estimate of drug-likeness (QED) is 0.374. The normalized spacial score (nSPS) is 15.3. The van der Waals surface area contributed by atoms with Crippen molar-refractivity contribution in [2.24, 2.45) is 0 Å². The van der Waals surface area contributed by atoms with Crippen molar-refractivity contribution in [2.45, 2.75) is 0 Å². The molecule has 0 spiro atoms. The number of thioether (sulfide) groups is 1. The van der Waals surface area contributed by atoms with Crippen LogP contribution in [0.1, 0.15) is 16.1 Å². The Kier molecular flexibility index (Phi) is 4.92. The molecule has 1 fully saturated rings. The van der Waals surface area contributed by atoms with Gasteiger partial charge in [0.1, 0.15) is 15.7 Å². The van der Waals surface area contributed by atoms with Crippen LogP contribution >= 0.6 is 35.6 Å². The van der Waals surface area contributed by atoms with Gasteiger partial charge >= 0.3 is 5.97 Å². The van der Waals surface area contributed by atoms with E-state index in [-0.39, 0.29) is 11.5 Å². The molecule has 1 aliphatic rings. The first kappa shape index (κ1) is 18.7. The van der Waals surface area contributed by atoms with E-state index >= 15 is 0 Å². The largest absolute Gasteiger partial charge is 0.465 e. The summed E-state index contributed by atoms with van der Waals surface area (Å²) in [4.78, 5) is 28.5. The molecule has 1 aromatic carbocycles. The molecule has 0 radical (unpaired) electrons. The number of thiocarbonyl (C=S) groups is 1. The van der Waals surface area contributed by atoms with Gasteiger partial charge in [0.15, 0.2) is 0 Å². The van der Waals surface area contributed by atoms with Gasteiger partial charge in [0, 0.05) is 29.4 Å². The summed E-state index contributed by atoms with van der Waals surface area (Å²) in [5, 5.41) is 3.61. The van der Waals surface area contributed by atoms with Crippen LogP contribution < -0.4 is 5.32 Å². The Hall–Kier alpha value is -2.68. The molecule has 28 heavy (non-hydrogen) atoms. The number of benzene rings is 1. The van der Waals surface area contributed by atoms with Gasteiger partial charge in [0.05, 0.1) is 22.6 Å². The number of hydrogen-bond acceptors (Lipinski definition) is 7. The van der Waals surface area contributed by atoms with Crippen LogP contribution in [0, 0.1) is 0 Å². The van der Waals surface area contributed by atoms with Crippen LogP contribution in [-0.4, -0.2) is 28.3 Å². The first-order valence-corrected chi connectivity index (χ1v) is 9.57. The molecule has 0 aliphatic carbocycles. The van der Waals surface area contributed by atoms with E-state index in [0.29, 0.717) is 36.7 Å². The molecule has 2 aromatic heterocycles. The number of halogens is 1. The lowest BCUT2D eigenvalue weighted by molar-refractivity contribution is -0.115. The van der Waals surface area contributed by atoms with Crippen molar-refractivity contribution >= 4 is 68.8 Å². The third kappa shape index (κ3) is 3.42. The number of ether oxygens (including phenoxy) is 1. The number of carbonyl (C=O) groups is 2. The number of hydrogen-bond donors (Lipinski definition) is 1. The molecule has 0 bridgehead atoms. The number of nitrogens with one attached hydrogen (secondary N) is 1. The monoisotopic (exact) mass is 430 g/mol. The summed E-state index contributed by atoms with van der Waals surface area (Å²) in [6.07, 6.45) is 4.93. The minimum atomic E-state index is -0.530. The molecule has 140 valence electrons. The number of methoxy groups -OCH3 is 1. The molecule has 0 unspecified atom stereocenters. The molecule has 0 atom stereocenters. The Morgan fingerprint density at radius 3 is 2.89 bits per heavy atom. The van der Waals surface area contributed by atoms with Crippen LogP contribution in [0.5, 0.6) is 0 Å². The van der Waals surface area contributed by atoms with Gasteiger partial charge in [0.25, 0.3) is 5.91 Å². The Labute approximate surface area is 173 Å². The van der Waals surface area contributed by atoms with Gasteiger partial charge in [-0.05, 0) is 23.8 Å². The highest BCUT2D eigenvalue weighted by atomic mass is 35.5. The second kappa shape index (κ2) is 7.38. The van der Waals surface area contributed by atoms with Crippen LogP contribution in [-0.2, 0) is 9.53 Å². The number of nitrogens with zero attached hydrogens (tertiary/aromatic N) is 1. The summed E-state index contributed by atoms with van der Waals surface area (Å²) < 4.78 is 11.1. The minimum Gasteiger partial charge on any atom is -0.465 e. The van der Waals surface area contributed by atoms with Crippen LogP contribution in [0.3, 0.4) is 0 Å². The molecule has 3 heterocycles. The number of carbonyl (C=O) groups excluding carboxylic acids is 2. The van der Waals surface area contributed by atoms with Gasteiger partial charge in [-0.2, -0.15) is 0 Å². The fraction of sp³-hybridized carbons (Fsp3) is 0.0526. The first-order chi connectivity index (χ1) is 13.5. The Bertz CT molecular complexity index is 1190. The van der Waals surface area contributed by atoms with Gasteiger partial charge in [-0.3, -0.25) is 9.78 Å². The standard InChI is InChI=1S/C19H11ClN2O4S2/c1-25-18(24)12-5-9(2-3-14(12)20)13-8-21-7-10-4-11(26-16(10)13)6-15-17(23)22-19(27)28-15/h2-8H,1H3,(H,22,23,27)/b15-6+. The van der Waals surface area contributed by atoms with Crippen LogP contribution in [0.4, 0.5) is 0 Å². The first-order valence-electron chi connectivity index (χ1n) is 7.97. The van der Waals surface area contributed by atoms with E-state index in [1.807, 2.05) is 0 Å². The van der Waals surface area contributed by atoms with Crippen molar-refractivity contribution in [3.63, 3.8) is 0 Å². The Morgan fingerprint density at radius 2 is 2.18 bits per heavy atom. The third-order valence-electron chi connectivity index (χ3n) is 4.04. The summed E-state index contributed by atoms with van der Waals surface area (Å²) in [5.41, 5.74) is 2.21. The van der Waals surface area contributed by atoms with E-state index in [0.717, 1.165) is 5.39 Å². The molecule has 1 amide bonds. The number of rotatable bonds is 3. The topological polar surface area (TPSA) is 81.4 Å². The molecule has 6 nitrogen and oxygen atoms in total. The summed E-state index contributed by atoms with van der Waals surface area (Å²) in [6.45, 7) is 0. The number of esters is 1. The van der Waals surface area contributed by atoms with E-state index in [9.17, 15) is 9.59 Å². The number of amides is 1. The van der Waals surface area contributed by atoms with Gasteiger partial charge in [0.2, 0.25) is 0 Å². The zero-order chi connectivity index (χ0) is 19.8. The second-order valence-corrected chi connectivity index (χ2v) is 7.92. The van der Waals surface area contributed by atoms with Crippen LogP contribution in [0.25, 0.3) is 28.2 Å². The van der Waals surface area contributed by atoms with Crippen LogP contribution in [0.2, 0.25) is 5.02 Å². The number of pyridine rings is 1. The minimum absolute atomic E-state index is 0.250. The fourth-order valence-corrected chi connectivity index (χ4v) is 3.99. The summed E-state index contributed by atoms with van der Waals surface area (Å²) in [5.74, 6) is -0.292. The summed E-state index contributed by atoms with van der Waals surface area (Å²) in [6, 6.07) is 6.80. The number of furan rings is 1. The third-order valence-corrected chi connectivity index (χ3v) is 5.53. The van der Waals surface area contributed by atoms with Crippen LogP contribution in [0.15, 0.2) is 46.0 Å². The van der Waals surface area contributed by atoms with Crippen molar-refractivity contribution in [1.29, 1.82) is 0 Å². The summed E-state index contributed by atoms with van der Waals surface area (Å²) >= 11 is 12.3. The maximum atomic E-state index is 11.9. The Balaban J connectivity index is 1.80. The second-order valence-electron chi connectivity index (χ2n) is 5.79. The van der Waals surface area contributed by atoms with Gasteiger partial charge in [-0.25, -0.2) is 4.79 Å². The summed E-state index contributed by atoms with van der Waals surface area (Å²) in [7, 11) is 1.29. The number of fused-ring (bicyclic) bond motifs is 1. The average Bonchev–Trinajstić information content (AvgIpc) is 3.23. The zero-order valence-corrected chi connectivity index (χ0v) is 16.7.